The lowest BCUT2D eigenvalue weighted by Crippen LogP contribution is -2.38. The number of ether oxygens (including phenoxy) is 1. The second-order valence-electron chi connectivity index (χ2n) is 5.20. The maximum absolute atomic E-state index is 11.8. The Morgan fingerprint density at radius 1 is 1.35 bits per heavy atom. The number of halogens is 1. The van der Waals surface area contributed by atoms with Gasteiger partial charge < -0.3 is 15.8 Å². The topological polar surface area (TPSA) is 106 Å². The largest absolute Gasteiger partial charge is 0.497 e. The molecule has 0 aliphatic carbocycles. The molecular weight excluding hydrogens is 318 g/mol. The molecule has 0 aliphatic rings. The third-order valence-electron chi connectivity index (χ3n) is 3.51. The number of hydrogen-bond donors (Lipinski definition) is 3. The zero-order valence-corrected chi connectivity index (χ0v) is 14.2. The highest BCUT2D eigenvalue weighted by molar-refractivity contribution is 5.85. The number of methoxy groups -OCH3 is 1. The van der Waals surface area contributed by atoms with Gasteiger partial charge in [0, 0.05) is 17.5 Å². The van der Waals surface area contributed by atoms with Crippen molar-refractivity contribution in [1.29, 1.82) is 0 Å². The van der Waals surface area contributed by atoms with Gasteiger partial charge in [-0.3, -0.25) is 9.89 Å². The lowest BCUT2D eigenvalue weighted by atomic mass is 10.0. The van der Waals surface area contributed by atoms with Crippen LogP contribution in [0.15, 0.2) is 24.3 Å². The summed E-state index contributed by atoms with van der Waals surface area (Å²) in [6, 6.07) is 7.25. The number of H-pyrrole nitrogens is 1. The van der Waals surface area contributed by atoms with Crippen LogP contribution in [-0.4, -0.2) is 34.2 Å². The van der Waals surface area contributed by atoms with Crippen molar-refractivity contribution in [3.8, 4) is 17.1 Å². The van der Waals surface area contributed by atoms with Crippen LogP contribution >= 0.6 is 12.4 Å². The molecule has 1 aromatic heterocycles. The van der Waals surface area contributed by atoms with Crippen molar-refractivity contribution in [3.63, 3.8) is 0 Å². The Kier molecular flexibility index (Phi) is 6.99. The predicted octanol–water partition coefficient (Wildman–Crippen LogP) is 1.50. The van der Waals surface area contributed by atoms with Gasteiger partial charge >= 0.3 is 0 Å². The van der Waals surface area contributed by atoms with Gasteiger partial charge in [0.15, 0.2) is 5.82 Å². The Morgan fingerprint density at radius 3 is 2.57 bits per heavy atom. The number of aromatic amines is 1. The molecular formula is C15H22ClN5O2. The number of nitrogens with one attached hydrogen (secondary N) is 2. The zero-order chi connectivity index (χ0) is 16.1. The second kappa shape index (κ2) is 8.50. The molecule has 2 atom stereocenters. The van der Waals surface area contributed by atoms with Crippen LogP contribution in [0.2, 0.25) is 0 Å². The van der Waals surface area contributed by atoms with Crippen molar-refractivity contribution in [2.24, 2.45) is 11.7 Å². The summed E-state index contributed by atoms with van der Waals surface area (Å²) in [5.41, 5.74) is 6.58. The summed E-state index contributed by atoms with van der Waals surface area (Å²) in [6.07, 6.45) is 0. The summed E-state index contributed by atoms with van der Waals surface area (Å²) in [7, 11) is 1.62. The molecule has 7 nitrogen and oxygen atoms in total. The van der Waals surface area contributed by atoms with Gasteiger partial charge in [-0.25, -0.2) is 4.98 Å². The minimum absolute atomic E-state index is 0. The second-order valence-corrected chi connectivity index (χ2v) is 5.20. The highest BCUT2D eigenvalue weighted by Crippen LogP contribution is 2.18. The minimum Gasteiger partial charge on any atom is -0.497 e. The Bertz CT molecular complexity index is 627. The van der Waals surface area contributed by atoms with Gasteiger partial charge in [0.2, 0.25) is 5.91 Å². The Hall–Kier alpha value is -2.12. The van der Waals surface area contributed by atoms with Crippen LogP contribution < -0.4 is 15.8 Å². The first-order chi connectivity index (χ1) is 10.5. The van der Waals surface area contributed by atoms with Gasteiger partial charge in [0.05, 0.1) is 13.7 Å². The van der Waals surface area contributed by atoms with Gasteiger partial charge in [0.1, 0.15) is 11.6 Å². The number of carbonyl (C=O) groups excluding carboxylic acids is 1. The van der Waals surface area contributed by atoms with E-state index in [1.54, 1.807) is 21.0 Å². The Morgan fingerprint density at radius 2 is 2.00 bits per heavy atom. The van der Waals surface area contributed by atoms with Crippen LogP contribution in [0.5, 0.6) is 5.75 Å². The van der Waals surface area contributed by atoms with Crippen LogP contribution in [-0.2, 0) is 11.3 Å². The summed E-state index contributed by atoms with van der Waals surface area (Å²) in [5.74, 6) is 1.60. The van der Waals surface area contributed by atoms with E-state index in [2.05, 4.69) is 20.5 Å². The molecule has 2 rings (SSSR count). The minimum atomic E-state index is -0.246. The van der Waals surface area contributed by atoms with E-state index in [0.717, 1.165) is 11.3 Å². The fraction of sp³-hybridized carbons (Fsp3) is 0.400. The SMILES string of the molecule is COc1ccc(-c2n[nH]c(CNC(=O)C(C)C(C)N)n2)cc1.Cl. The van der Waals surface area contributed by atoms with Gasteiger partial charge in [-0.05, 0) is 31.2 Å². The molecule has 1 heterocycles. The molecule has 0 saturated carbocycles. The molecule has 2 unspecified atom stereocenters. The first-order valence-corrected chi connectivity index (χ1v) is 7.10. The quantitative estimate of drug-likeness (QED) is 0.739. The number of benzene rings is 1. The number of aromatic nitrogens is 3. The maximum Gasteiger partial charge on any atom is 0.224 e. The van der Waals surface area contributed by atoms with Crippen LogP contribution in [0.4, 0.5) is 0 Å². The van der Waals surface area contributed by atoms with Crippen molar-refractivity contribution in [2.45, 2.75) is 26.4 Å². The molecule has 126 valence electrons. The fourth-order valence-corrected chi connectivity index (χ4v) is 1.81. The van der Waals surface area contributed by atoms with Crippen molar-refractivity contribution in [3.05, 3.63) is 30.1 Å². The average Bonchev–Trinajstić information content (AvgIpc) is 3.00. The molecule has 0 spiro atoms. The number of nitrogens with two attached hydrogens (primary N) is 1. The highest BCUT2D eigenvalue weighted by atomic mass is 35.5. The van der Waals surface area contributed by atoms with Crippen LogP contribution in [0, 0.1) is 5.92 Å². The third kappa shape index (κ3) is 4.94. The standard InChI is InChI=1S/C15H21N5O2.ClH/c1-9(10(2)16)15(21)17-8-13-18-14(20-19-13)11-4-6-12(22-3)7-5-11;/h4-7,9-10H,8,16H2,1-3H3,(H,17,21)(H,18,19,20);1H. The van der Waals surface area contributed by atoms with Gasteiger partial charge in [-0.2, -0.15) is 5.10 Å². The molecule has 23 heavy (non-hydrogen) atoms. The van der Waals surface area contributed by atoms with Gasteiger partial charge in [-0.1, -0.05) is 6.92 Å². The van der Waals surface area contributed by atoms with Crippen LogP contribution in [0.3, 0.4) is 0 Å². The molecule has 4 N–H and O–H groups in total. The first kappa shape index (κ1) is 18.9. The molecule has 0 aliphatic heterocycles. The van der Waals surface area contributed by atoms with Crippen molar-refractivity contribution < 1.29 is 9.53 Å². The monoisotopic (exact) mass is 339 g/mol. The van der Waals surface area contributed by atoms with Gasteiger partial charge in [0.25, 0.3) is 0 Å². The number of carbonyl (C=O) groups is 1. The number of hydrogen-bond acceptors (Lipinski definition) is 5. The molecule has 0 fully saturated rings. The van der Waals surface area contributed by atoms with E-state index in [-0.39, 0.29) is 30.3 Å². The normalized spacial score (nSPS) is 12.9. The van der Waals surface area contributed by atoms with Crippen molar-refractivity contribution >= 4 is 18.3 Å². The van der Waals surface area contributed by atoms with Crippen LogP contribution in [0.1, 0.15) is 19.7 Å². The summed E-state index contributed by atoms with van der Waals surface area (Å²) in [5, 5.41) is 9.76. The summed E-state index contributed by atoms with van der Waals surface area (Å²) < 4.78 is 5.11. The lowest BCUT2D eigenvalue weighted by Gasteiger charge is -2.14. The summed E-state index contributed by atoms with van der Waals surface area (Å²) in [4.78, 5) is 16.2. The molecule has 0 radical (unpaired) electrons. The summed E-state index contributed by atoms with van der Waals surface area (Å²) >= 11 is 0. The molecule has 0 saturated heterocycles. The Balaban J connectivity index is 0.00000264. The number of rotatable bonds is 6. The zero-order valence-electron chi connectivity index (χ0n) is 13.4. The molecule has 2 aromatic rings. The van der Waals surface area contributed by atoms with E-state index >= 15 is 0 Å². The highest BCUT2D eigenvalue weighted by Gasteiger charge is 2.17. The molecule has 1 aromatic carbocycles. The molecule has 1 amide bonds. The molecule has 0 bridgehead atoms. The van der Waals surface area contributed by atoms with E-state index < -0.39 is 0 Å². The average molecular weight is 340 g/mol. The lowest BCUT2D eigenvalue weighted by molar-refractivity contribution is -0.125. The number of amides is 1. The molecule has 8 heteroatoms. The first-order valence-electron chi connectivity index (χ1n) is 7.10. The maximum atomic E-state index is 11.8. The van der Waals surface area contributed by atoms with Gasteiger partial charge in [-0.15, -0.1) is 12.4 Å². The Labute approximate surface area is 141 Å². The smallest absolute Gasteiger partial charge is 0.224 e. The van der Waals surface area contributed by atoms with E-state index in [4.69, 9.17) is 10.5 Å². The van der Waals surface area contributed by atoms with Crippen LogP contribution in [0.25, 0.3) is 11.4 Å². The summed E-state index contributed by atoms with van der Waals surface area (Å²) in [6.45, 7) is 3.89. The van der Waals surface area contributed by atoms with E-state index in [1.807, 2.05) is 24.3 Å². The number of nitrogens with zero attached hydrogens (tertiary/aromatic N) is 2. The third-order valence-corrected chi connectivity index (χ3v) is 3.51. The van der Waals surface area contributed by atoms with Crippen molar-refractivity contribution in [1.82, 2.24) is 20.5 Å². The van der Waals surface area contributed by atoms with E-state index in [9.17, 15) is 4.79 Å². The van der Waals surface area contributed by atoms with Crippen molar-refractivity contribution in [2.75, 3.05) is 7.11 Å². The van der Waals surface area contributed by atoms with E-state index in [1.165, 1.54) is 0 Å². The van der Waals surface area contributed by atoms with E-state index in [0.29, 0.717) is 18.2 Å². The fourth-order valence-electron chi connectivity index (χ4n) is 1.81. The predicted molar refractivity (Wildman–Crippen MR) is 90.3 cm³/mol.